The minimum Gasteiger partial charge on any atom is -0.321 e. The number of nitrogens with zero attached hydrogens (tertiary/aromatic N) is 3. The lowest BCUT2D eigenvalue weighted by Gasteiger charge is -2.02. The zero-order valence-corrected chi connectivity index (χ0v) is 12.1. The SMILES string of the molecule is Cc1nc(-c2ccccn2)sc1C(=O)Nc1ccncc1. The van der Waals surface area contributed by atoms with E-state index in [1.165, 1.54) is 11.3 Å². The van der Waals surface area contributed by atoms with Crippen LogP contribution in [0.15, 0.2) is 48.9 Å². The van der Waals surface area contributed by atoms with Gasteiger partial charge in [-0.05, 0) is 31.2 Å². The fourth-order valence-electron chi connectivity index (χ4n) is 1.83. The van der Waals surface area contributed by atoms with Crippen molar-refractivity contribution in [3.05, 3.63) is 59.5 Å². The zero-order chi connectivity index (χ0) is 14.7. The van der Waals surface area contributed by atoms with Crippen molar-refractivity contribution in [2.45, 2.75) is 6.92 Å². The van der Waals surface area contributed by atoms with Gasteiger partial charge >= 0.3 is 0 Å². The Labute approximate surface area is 125 Å². The topological polar surface area (TPSA) is 67.8 Å². The standard InChI is InChI=1S/C15H12N4OS/c1-10-13(14(20)19-11-5-8-16-9-6-11)21-15(18-10)12-4-2-3-7-17-12/h2-9H,1H3,(H,16,19,20). The van der Waals surface area contributed by atoms with Crippen molar-refractivity contribution < 1.29 is 4.79 Å². The number of aromatic nitrogens is 3. The highest BCUT2D eigenvalue weighted by Gasteiger charge is 2.16. The molecule has 0 aliphatic rings. The number of carbonyl (C=O) groups excluding carboxylic acids is 1. The quantitative estimate of drug-likeness (QED) is 0.806. The molecule has 0 fully saturated rings. The molecule has 0 saturated heterocycles. The highest BCUT2D eigenvalue weighted by molar-refractivity contribution is 7.17. The largest absolute Gasteiger partial charge is 0.321 e. The van der Waals surface area contributed by atoms with Crippen LogP contribution in [-0.4, -0.2) is 20.9 Å². The molecule has 0 spiro atoms. The number of hydrogen-bond donors (Lipinski definition) is 1. The molecule has 0 aromatic carbocycles. The van der Waals surface area contributed by atoms with E-state index in [4.69, 9.17) is 0 Å². The van der Waals surface area contributed by atoms with Crippen molar-refractivity contribution in [2.75, 3.05) is 5.32 Å². The summed E-state index contributed by atoms with van der Waals surface area (Å²) in [6, 6.07) is 9.11. The van der Waals surface area contributed by atoms with Crippen LogP contribution >= 0.6 is 11.3 Å². The van der Waals surface area contributed by atoms with Crippen LogP contribution in [0.2, 0.25) is 0 Å². The van der Waals surface area contributed by atoms with Crippen molar-refractivity contribution in [1.82, 2.24) is 15.0 Å². The van der Waals surface area contributed by atoms with Crippen LogP contribution < -0.4 is 5.32 Å². The van der Waals surface area contributed by atoms with Crippen LogP contribution in [-0.2, 0) is 0 Å². The summed E-state index contributed by atoms with van der Waals surface area (Å²) in [5, 5.41) is 3.58. The number of anilines is 1. The number of carbonyl (C=O) groups is 1. The number of amides is 1. The second kappa shape index (κ2) is 5.80. The molecule has 3 aromatic heterocycles. The number of pyridine rings is 2. The molecule has 0 aliphatic heterocycles. The summed E-state index contributed by atoms with van der Waals surface area (Å²) in [4.78, 5) is 25.5. The summed E-state index contributed by atoms with van der Waals surface area (Å²) in [5.41, 5.74) is 2.18. The molecule has 3 heterocycles. The highest BCUT2D eigenvalue weighted by atomic mass is 32.1. The van der Waals surface area contributed by atoms with Gasteiger partial charge in [0.25, 0.3) is 5.91 Å². The van der Waals surface area contributed by atoms with Gasteiger partial charge in [-0.25, -0.2) is 4.98 Å². The van der Waals surface area contributed by atoms with Crippen LogP contribution in [0.4, 0.5) is 5.69 Å². The fourth-order valence-corrected chi connectivity index (χ4v) is 2.77. The minimum atomic E-state index is -0.168. The van der Waals surface area contributed by atoms with Gasteiger partial charge in [0.05, 0.1) is 11.4 Å². The normalized spacial score (nSPS) is 10.3. The number of rotatable bonds is 3. The summed E-state index contributed by atoms with van der Waals surface area (Å²) in [7, 11) is 0. The molecule has 0 bridgehead atoms. The van der Waals surface area contributed by atoms with E-state index in [0.717, 1.165) is 10.7 Å². The van der Waals surface area contributed by atoms with E-state index < -0.39 is 0 Å². The zero-order valence-electron chi connectivity index (χ0n) is 11.3. The van der Waals surface area contributed by atoms with Gasteiger partial charge in [-0.2, -0.15) is 0 Å². The van der Waals surface area contributed by atoms with Gasteiger partial charge in [0, 0.05) is 24.3 Å². The highest BCUT2D eigenvalue weighted by Crippen LogP contribution is 2.26. The van der Waals surface area contributed by atoms with Gasteiger partial charge in [0.2, 0.25) is 0 Å². The maximum absolute atomic E-state index is 12.3. The monoisotopic (exact) mass is 296 g/mol. The first-order valence-electron chi connectivity index (χ1n) is 6.34. The molecule has 0 unspecified atom stereocenters. The van der Waals surface area contributed by atoms with Gasteiger partial charge in [0.1, 0.15) is 9.88 Å². The fraction of sp³-hybridized carbons (Fsp3) is 0.0667. The number of thiazole rings is 1. The summed E-state index contributed by atoms with van der Waals surface area (Å²) in [5.74, 6) is -0.168. The number of hydrogen-bond acceptors (Lipinski definition) is 5. The lowest BCUT2D eigenvalue weighted by atomic mass is 10.3. The Morgan fingerprint density at radius 2 is 1.95 bits per heavy atom. The predicted molar refractivity (Wildman–Crippen MR) is 82.3 cm³/mol. The summed E-state index contributed by atoms with van der Waals surface area (Å²) < 4.78 is 0. The second-order valence-electron chi connectivity index (χ2n) is 4.34. The Morgan fingerprint density at radius 1 is 1.14 bits per heavy atom. The van der Waals surface area contributed by atoms with E-state index in [2.05, 4.69) is 20.3 Å². The molecule has 0 atom stereocenters. The first-order chi connectivity index (χ1) is 10.2. The van der Waals surface area contributed by atoms with Gasteiger partial charge in [-0.3, -0.25) is 14.8 Å². The molecule has 6 heteroatoms. The molecule has 0 radical (unpaired) electrons. The molecular formula is C15H12N4OS. The van der Waals surface area contributed by atoms with E-state index in [9.17, 15) is 4.79 Å². The predicted octanol–water partition coefficient (Wildman–Crippen LogP) is 3.16. The van der Waals surface area contributed by atoms with E-state index in [0.29, 0.717) is 16.3 Å². The smallest absolute Gasteiger partial charge is 0.267 e. The van der Waals surface area contributed by atoms with Gasteiger partial charge in [-0.1, -0.05) is 6.07 Å². The van der Waals surface area contributed by atoms with E-state index in [1.54, 1.807) is 30.7 Å². The third-order valence-corrected chi connectivity index (χ3v) is 4.00. The van der Waals surface area contributed by atoms with Crippen molar-refractivity contribution in [2.24, 2.45) is 0 Å². The number of aryl methyl sites for hydroxylation is 1. The van der Waals surface area contributed by atoms with Crippen LogP contribution in [0.1, 0.15) is 15.4 Å². The molecule has 21 heavy (non-hydrogen) atoms. The van der Waals surface area contributed by atoms with Gasteiger partial charge < -0.3 is 5.32 Å². The lowest BCUT2D eigenvalue weighted by Crippen LogP contribution is -2.11. The van der Waals surface area contributed by atoms with Crippen LogP contribution in [0.5, 0.6) is 0 Å². The first-order valence-corrected chi connectivity index (χ1v) is 7.16. The average Bonchev–Trinajstić information content (AvgIpc) is 2.91. The van der Waals surface area contributed by atoms with Gasteiger partial charge in [0.15, 0.2) is 0 Å². The Kier molecular flexibility index (Phi) is 3.70. The molecule has 0 aliphatic carbocycles. The van der Waals surface area contributed by atoms with E-state index >= 15 is 0 Å². The van der Waals surface area contributed by atoms with Crippen LogP contribution in [0, 0.1) is 6.92 Å². The molecular weight excluding hydrogens is 284 g/mol. The third kappa shape index (κ3) is 2.95. The molecule has 3 rings (SSSR count). The Hall–Kier alpha value is -2.60. The molecule has 1 N–H and O–H groups in total. The molecule has 0 saturated carbocycles. The maximum atomic E-state index is 12.3. The summed E-state index contributed by atoms with van der Waals surface area (Å²) in [6.45, 7) is 1.82. The average molecular weight is 296 g/mol. The summed E-state index contributed by atoms with van der Waals surface area (Å²) >= 11 is 1.34. The third-order valence-electron chi connectivity index (χ3n) is 2.83. The number of nitrogens with one attached hydrogen (secondary N) is 1. The van der Waals surface area contributed by atoms with Crippen molar-refractivity contribution in [3.8, 4) is 10.7 Å². The Bertz CT molecular complexity index is 756. The minimum absolute atomic E-state index is 0.168. The lowest BCUT2D eigenvalue weighted by molar-refractivity contribution is 0.103. The van der Waals surface area contributed by atoms with Crippen molar-refractivity contribution in [1.29, 1.82) is 0 Å². The second-order valence-corrected chi connectivity index (χ2v) is 5.34. The van der Waals surface area contributed by atoms with Crippen LogP contribution in [0.3, 0.4) is 0 Å². The Balaban J connectivity index is 1.86. The first kappa shape index (κ1) is 13.4. The Morgan fingerprint density at radius 3 is 2.67 bits per heavy atom. The van der Waals surface area contributed by atoms with E-state index in [1.807, 2.05) is 25.1 Å². The molecule has 5 nitrogen and oxygen atoms in total. The maximum Gasteiger partial charge on any atom is 0.267 e. The summed E-state index contributed by atoms with van der Waals surface area (Å²) in [6.07, 6.45) is 4.98. The molecule has 1 amide bonds. The van der Waals surface area contributed by atoms with Crippen LogP contribution in [0.25, 0.3) is 10.7 Å². The van der Waals surface area contributed by atoms with Crippen molar-refractivity contribution >= 4 is 22.9 Å². The van der Waals surface area contributed by atoms with Crippen molar-refractivity contribution in [3.63, 3.8) is 0 Å². The van der Waals surface area contributed by atoms with E-state index in [-0.39, 0.29) is 5.91 Å². The van der Waals surface area contributed by atoms with Gasteiger partial charge in [-0.15, -0.1) is 11.3 Å². The molecule has 3 aromatic rings. The molecule has 104 valence electrons.